The Kier molecular flexibility index (Phi) is 4.46. The van der Waals surface area contributed by atoms with Crippen LogP contribution in [0.3, 0.4) is 0 Å². The molecule has 5 nitrogen and oxygen atoms in total. The Bertz CT molecular complexity index is 900. The van der Waals surface area contributed by atoms with Crippen LogP contribution in [0.5, 0.6) is 0 Å². The fourth-order valence-electron chi connectivity index (χ4n) is 3.47. The summed E-state index contributed by atoms with van der Waals surface area (Å²) in [5, 5.41) is 12.2. The second-order valence-corrected chi connectivity index (χ2v) is 7.33. The molecule has 4 heterocycles. The number of aromatic nitrogens is 2. The summed E-state index contributed by atoms with van der Waals surface area (Å²) in [6.07, 6.45) is 3.86. The third-order valence-electron chi connectivity index (χ3n) is 4.83. The lowest BCUT2D eigenvalue weighted by atomic mass is 9.92. The third kappa shape index (κ3) is 3.41. The monoisotopic (exact) mass is 353 g/mol. The van der Waals surface area contributed by atoms with Crippen molar-refractivity contribution >= 4 is 28.3 Å². The predicted octanol–water partition coefficient (Wildman–Crippen LogP) is 3.77. The predicted molar refractivity (Wildman–Crippen MR) is 98.1 cm³/mol. The van der Waals surface area contributed by atoms with Gasteiger partial charge in [0.2, 0.25) is 0 Å². The fraction of sp³-hybridized carbons (Fsp3) is 0.316. The molecule has 1 fully saturated rings. The van der Waals surface area contributed by atoms with Crippen molar-refractivity contribution in [2.24, 2.45) is 0 Å². The summed E-state index contributed by atoms with van der Waals surface area (Å²) in [7, 11) is 0. The van der Waals surface area contributed by atoms with Gasteiger partial charge < -0.3 is 5.11 Å². The number of pyridine rings is 2. The van der Waals surface area contributed by atoms with Crippen molar-refractivity contribution in [1.29, 1.82) is 0 Å². The molecule has 25 heavy (non-hydrogen) atoms. The Hall–Kier alpha value is -2.31. The number of nitrogens with zero attached hydrogens (tertiary/aromatic N) is 3. The van der Waals surface area contributed by atoms with Crippen molar-refractivity contribution in [3.8, 4) is 0 Å². The van der Waals surface area contributed by atoms with E-state index >= 15 is 0 Å². The van der Waals surface area contributed by atoms with Gasteiger partial charge in [0, 0.05) is 29.7 Å². The maximum absolute atomic E-state index is 11.2. The molecule has 4 rings (SSSR count). The van der Waals surface area contributed by atoms with E-state index in [2.05, 4.69) is 22.0 Å². The highest BCUT2D eigenvalue weighted by molar-refractivity contribution is 7.12. The molecule has 3 aromatic heterocycles. The first-order chi connectivity index (χ1) is 12.2. The van der Waals surface area contributed by atoms with E-state index in [1.807, 2.05) is 23.6 Å². The molecular formula is C19H19N3O2S. The van der Waals surface area contributed by atoms with Gasteiger partial charge >= 0.3 is 5.97 Å². The summed E-state index contributed by atoms with van der Waals surface area (Å²) in [4.78, 5) is 23.1. The number of carbonyl (C=O) groups is 1. The first-order valence-corrected chi connectivity index (χ1v) is 9.32. The van der Waals surface area contributed by atoms with Crippen LogP contribution in [0.4, 0.5) is 0 Å². The summed E-state index contributed by atoms with van der Waals surface area (Å²) >= 11 is 1.30. The molecule has 128 valence electrons. The normalized spacial score (nSPS) is 16.3. The van der Waals surface area contributed by atoms with Crippen LogP contribution < -0.4 is 0 Å². The molecule has 3 aromatic rings. The smallest absolute Gasteiger partial charge is 0.346 e. The van der Waals surface area contributed by atoms with E-state index in [9.17, 15) is 9.90 Å². The molecule has 0 aliphatic carbocycles. The van der Waals surface area contributed by atoms with Crippen molar-refractivity contribution in [3.05, 3.63) is 58.0 Å². The molecular weight excluding hydrogens is 334 g/mol. The Balaban J connectivity index is 1.42. The van der Waals surface area contributed by atoms with E-state index in [1.165, 1.54) is 11.3 Å². The van der Waals surface area contributed by atoms with Gasteiger partial charge in [-0.2, -0.15) is 0 Å². The Labute approximate surface area is 150 Å². The van der Waals surface area contributed by atoms with E-state index in [0.29, 0.717) is 17.3 Å². The highest BCUT2D eigenvalue weighted by Gasteiger charge is 2.23. The van der Waals surface area contributed by atoms with Gasteiger partial charge in [0.15, 0.2) is 5.65 Å². The average molecular weight is 353 g/mol. The zero-order valence-corrected chi connectivity index (χ0v) is 14.6. The molecule has 0 radical (unpaired) electrons. The molecule has 0 atom stereocenters. The van der Waals surface area contributed by atoms with Gasteiger partial charge in [-0.15, -0.1) is 11.3 Å². The van der Waals surface area contributed by atoms with Gasteiger partial charge in [0.25, 0.3) is 0 Å². The maximum atomic E-state index is 11.2. The van der Waals surface area contributed by atoms with E-state index in [4.69, 9.17) is 4.98 Å². The zero-order chi connectivity index (χ0) is 17.2. The first-order valence-electron chi connectivity index (χ1n) is 8.44. The first kappa shape index (κ1) is 16.2. The summed E-state index contributed by atoms with van der Waals surface area (Å²) < 4.78 is 0. The number of hydrogen-bond donors (Lipinski definition) is 1. The molecule has 6 heteroatoms. The topological polar surface area (TPSA) is 66.3 Å². The van der Waals surface area contributed by atoms with Crippen LogP contribution in [0.25, 0.3) is 11.0 Å². The van der Waals surface area contributed by atoms with E-state index in [-0.39, 0.29) is 0 Å². The molecule has 0 aromatic carbocycles. The second kappa shape index (κ2) is 6.90. The number of fused-ring (bicyclic) bond motifs is 1. The summed E-state index contributed by atoms with van der Waals surface area (Å²) in [6.45, 7) is 2.63. The van der Waals surface area contributed by atoms with Gasteiger partial charge in [-0.1, -0.05) is 0 Å². The van der Waals surface area contributed by atoms with Crippen molar-refractivity contribution in [2.45, 2.75) is 25.3 Å². The highest BCUT2D eigenvalue weighted by atomic mass is 32.1. The van der Waals surface area contributed by atoms with Gasteiger partial charge in [0.05, 0.1) is 0 Å². The van der Waals surface area contributed by atoms with Gasteiger partial charge in [0.1, 0.15) is 4.88 Å². The van der Waals surface area contributed by atoms with E-state index in [0.717, 1.165) is 48.2 Å². The molecule has 0 amide bonds. The molecule has 0 saturated carbocycles. The lowest BCUT2D eigenvalue weighted by molar-refractivity contribution is 0.0699. The molecule has 1 aliphatic rings. The molecule has 1 aliphatic heterocycles. The van der Waals surface area contributed by atoms with E-state index < -0.39 is 5.97 Å². The van der Waals surface area contributed by atoms with Crippen LogP contribution in [0, 0.1) is 0 Å². The lowest BCUT2D eigenvalue weighted by Gasteiger charge is -2.31. The molecule has 0 unspecified atom stereocenters. The molecule has 0 bridgehead atoms. The number of piperidine rings is 1. The number of aromatic carboxylic acids is 1. The van der Waals surface area contributed by atoms with Crippen LogP contribution in [0.1, 0.15) is 39.7 Å². The number of thiophene rings is 1. The summed E-state index contributed by atoms with van der Waals surface area (Å²) in [6, 6.07) is 10.1. The highest BCUT2D eigenvalue weighted by Crippen LogP contribution is 2.29. The van der Waals surface area contributed by atoms with Crippen LogP contribution >= 0.6 is 11.3 Å². The summed E-state index contributed by atoms with van der Waals surface area (Å²) in [5.41, 5.74) is 2.85. The minimum atomic E-state index is -0.826. The number of carboxylic acids is 1. The standard InChI is InChI=1S/C19H19N3O2S/c23-19(24)17-15(7-11-25-17)12-22-9-5-13(6-10-22)16-4-3-14-2-1-8-20-18(14)21-16/h1-4,7-8,11,13H,5-6,9-10,12H2,(H,23,24). The quantitative estimate of drug-likeness (QED) is 0.773. The largest absolute Gasteiger partial charge is 0.477 e. The second-order valence-electron chi connectivity index (χ2n) is 6.42. The molecule has 1 saturated heterocycles. The average Bonchev–Trinajstić information content (AvgIpc) is 3.10. The zero-order valence-electron chi connectivity index (χ0n) is 13.8. The van der Waals surface area contributed by atoms with Crippen molar-refractivity contribution in [3.63, 3.8) is 0 Å². The molecule has 0 spiro atoms. The SMILES string of the molecule is O=C(O)c1sccc1CN1CCC(c2ccc3cccnc3n2)CC1. The Morgan fingerprint density at radius 1 is 1.24 bits per heavy atom. The lowest BCUT2D eigenvalue weighted by Crippen LogP contribution is -2.33. The van der Waals surface area contributed by atoms with Gasteiger partial charge in [-0.05, 0) is 67.2 Å². The van der Waals surface area contributed by atoms with Gasteiger partial charge in [-0.3, -0.25) is 4.90 Å². The fourth-order valence-corrected chi connectivity index (χ4v) is 4.22. The van der Waals surface area contributed by atoms with Crippen LogP contribution in [0.2, 0.25) is 0 Å². The van der Waals surface area contributed by atoms with Crippen LogP contribution in [-0.2, 0) is 6.54 Å². The minimum Gasteiger partial charge on any atom is -0.477 e. The van der Waals surface area contributed by atoms with Crippen LogP contribution in [-0.4, -0.2) is 39.0 Å². The number of rotatable bonds is 4. The van der Waals surface area contributed by atoms with Crippen molar-refractivity contribution < 1.29 is 9.90 Å². The Morgan fingerprint density at radius 3 is 2.88 bits per heavy atom. The summed E-state index contributed by atoms with van der Waals surface area (Å²) in [5.74, 6) is -0.378. The Morgan fingerprint density at radius 2 is 2.08 bits per heavy atom. The maximum Gasteiger partial charge on any atom is 0.346 e. The number of likely N-dealkylation sites (tertiary alicyclic amines) is 1. The molecule has 1 N–H and O–H groups in total. The third-order valence-corrected chi connectivity index (χ3v) is 5.77. The van der Waals surface area contributed by atoms with Gasteiger partial charge in [-0.25, -0.2) is 14.8 Å². The van der Waals surface area contributed by atoms with Crippen LogP contribution in [0.15, 0.2) is 41.9 Å². The minimum absolute atomic E-state index is 0.448. The number of hydrogen-bond acceptors (Lipinski definition) is 5. The number of carboxylic acid groups (broad SMARTS) is 1. The van der Waals surface area contributed by atoms with Crippen molar-refractivity contribution in [2.75, 3.05) is 13.1 Å². The van der Waals surface area contributed by atoms with Crippen molar-refractivity contribution in [1.82, 2.24) is 14.9 Å². The van der Waals surface area contributed by atoms with E-state index in [1.54, 1.807) is 6.20 Å².